The summed E-state index contributed by atoms with van der Waals surface area (Å²) in [5, 5.41) is 14.0. The molecule has 0 spiro atoms. The van der Waals surface area contributed by atoms with Crippen LogP contribution in [0.3, 0.4) is 0 Å². The third kappa shape index (κ3) is 8.87. The molecule has 204 valence electrons. The molecule has 0 bridgehead atoms. The van der Waals surface area contributed by atoms with E-state index in [2.05, 4.69) is 31.7 Å². The minimum atomic E-state index is -0.288. The fourth-order valence-electron chi connectivity index (χ4n) is 3.71. The molecule has 0 aromatic heterocycles. The van der Waals surface area contributed by atoms with Gasteiger partial charge in [0.2, 0.25) is 23.6 Å². The van der Waals surface area contributed by atoms with Crippen molar-refractivity contribution in [3.8, 4) is 0 Å². The van der Waals surface area contributed by atoms with Crippen LogP contribution >= 0.6 is 0 Å². The van der Waals surface area contributed by atoms with Crippen molar-refractivity contribution >= 4 is 46.4 Å². The quantitative estimate of drug-likeness (QED) is 0.244. The Kier molecular flexibility index (Phi) is 9.19. The van der Waals surface area contributed by atoms with Crippen molar-refractivity contribution in [2.75, 3.05) is 10.6 Å². The highest BCUT2D eigenvalue weighted by Gasteiger charge is 2.30. The summed E-state index contributed by atoms with van der Waals surface area (Å²) in [6.45, 7) is 3.56. The lowest BCUT2D eigenvalue weighted by Crippen LogP contribution is -2.22. The van der Waals surface area contributed by atoms with E-state index in [-0.39, 0.29) is 48.3 Å². The van der Waals surface area contributed by atoms with E-state index in [1.165, 1.54) is 0 Å². The van der Waals surface area contributed by atoms with Gasteiger partial charge >= 0.3 is 0 Å². The van der Waals surface area contributed by atoms with Crippen LogP contribution in [0.15, 0.2) is 58.7 Å². The molecule has 0 unspecified atom stereocenters. The van der Waals surface area contributed by atoms with Gasteiger partial charge in [0.05, 0.1) is 11.4 Å². The maximum Gasteiger partial charge on any atom is 0.240 e. The number of carbonyl (C=O) groups is 4. The second-order valence-corrected chi connectivity index (χ2v) is 10.00. The van der Waals surface area contributed by atoms with Crippen LogP contribution in [0, 0.1) is 11.8 Å². The van der Waals surface area contributed by atoms with E-state index in [0.29, 0.717) is 17.8 Å². The van der Waals surface area contributed by atoms with Gasteiger partial charge in [0.1, 0.15) is 0 Å². The average molecular weight is 531 g/mol. The fourth-order valence-corrected chi connectivity index (χ4v) is 3.71. The maximum atomic E-state index is 12.1. The first-order valence-corrected chi connectivity index (χ1v) is 13.3. The molecule has 4 N–H and O–H groups in total. The zero-order chi connectivity index (χ0) is 27.8. The smallest absolute Gasteiger partial charge is 0.240 e. The molecular weight excluding hydrogens is 496 g/mol. The lowest BCUT2D eigenvalue weighted by Gasteiger charge is -2.07. The van der Waals surface area contributed by atoms with E-state index in [4.69, 9.17) is 0 Å². The fraction of sp³-hybridized carbons (Fsp3) is 0.379. The Morgan fingerprint density at radius 3 is 1.33 bits per heavy atom. The molecule has 0 aliphatic heterocycles. The minimum absolute atomic E-state index is 0.0531. The highest BCUT2D eigenvalue weighted by Crippen LogP contribution is 2.30. The van der Waals surface area contributed by atoms with E-state index >= 15 is 0 Å². The number of hydrogen-bond acceptors (Lipinski definition) is 6. The Balaban J connectivity index is 1.13. The molecule has 2 aliphatic rings. The van der Waals surface area contributed by atoms with Gasteiger partial charge < -0.3 is 10.6 Å². The van der Waals surface area contributed by atoms with Crippen molar-refractivity contribution in [2.45, 2.75) is 58.8 Å². The second kappa shape index (κ2) is 12.9. The van der Waals surface area contributed by atoms with Crippen LogP contribution in [0.2, 0.25) is 0 Å². The zero-order valence-corrected chi connectivity index (χ0v) is 22.3. The molecule has 4 amide bonds. The first-order valence-electron chi connectivity index (χ1n) is 13.3. The van der Waals surface area contributed by atoms with Crippen LogP contribution in [-0.4, -0.2) is 35.1 Å². The van der Waals surface area contributed by atoms with E-state index in [1.807, 2.05) is 48.5 Å². The van der Waals surface area contributed by atoms with E-state index in [9.17, 15) is 19.2 Å². The molecule has 2 aromatic carbocycles. The first kappa shape index (κ1) is 27.7. The van der Waals surface area contributed by atoms with Gasteiger partial charge in [0.15, 0.2) is 0 Å². The van der Waals surface area contributed by atoms with Crippen molar-refractivity contribution in [3.05, 3.63) is 59.7 Å². The molecule has 0 atom stereocenters. The molecule has 0 radical (unpaired) electrons. The molecule has 2 aliphatic carbocycles. The van der Waals surface area contributed by atoms with Gasteiger partial charge in [-0.1, -0.05) is 24.3 Å². The Labute approximate surface area is 227 Å². The van der Waals surface area contributed by atoms with Gasteiger partial charge in [-0.25, -0.2) is 10.9 Å². The van der Waals surface area contributed by atoms with E-state index < -0.39 is 0 Å². The van der Waals surface area contributed by atoms with Crippen LogP contribution in [0.1, 0.15) is 69.9 Å². The summed E-state index contributed by atoms with van der Waals surface area (Å²) in [6, 6.07) is 14.6. The number of nitrogens with one attached hydrogen (secondary N) is 4. The zero-order valence-electron chi connectivity index (χ0n) is 22.3. The molecule has 10 nitrogen and oxygen atoms in total. The number of anilines is 2. The van der Waals surface area contributed by atoms with Crippen LogP contribution in [0.5, 0.6) is 0 Å². The lowest BCUT2D eigenvalue weighted by molar-refractivity contribution is -0.122. The van der Waals surface area contributed by atoms with Crippen molar-refractivity contribution in [1.82, 2.24) is 10.9 Å². The first-order chi connectivity index (χ1) is 18.8. The van der Waals surface area contributed by atoms with Crippen molar-refractivity contribution < 1.29 is 19.2 Å². The third-order valence-corrected chi connectivity index (χ3v) is 6.54. The predicted octanol–water partition coefficient (Wildman–Crippen LogP) is 3.93. The largest absolute Gasteiger partial charge is 0.326 e. The number of rotatable bonds is 12. The Hall–Kier alpha value is -4.34. The third-order valence-electron chi connectivity index (χ3n) is 6.54. The monoisotopic (exact) mass is 530 g/mol. The highest BCUT2D eigenvalue weighted by molar-refractivity contribution is 6.01. The summed E-state index contributed by atoms with van der Waals surface area (Å²) >= 11 is 0. The summed E-state index contributed by atoms with van der Waals surface area (Å²) in [5.74, 6) is -0.187. The SMILES string of the molecule is C/C(=N\NC(=O)CCCC(=O)N/N=C(\C)c1ccc(NC(=O)C2CC2)cc1)c1ccc(NC(=O)C2CC2)cc1. The number of carbonyl (C=O) groups excluding carboxylic acids is 4. The molecule has 2 aromatic rings. The second-order valence-electron chi connectivity index (χ2n) is 10.00. The van der Waals surface area contributed by atoms with Crippen LogP contribution in [-0.2, 0) is 19.2 Å². The van der Waals surface area contributed by atoms with Gasteiger partial charge in [-0.2, -0.15) is 10.2 Å². The number of nitrogens with zero attached hydrogens (tertiary/aromatic N) is 2. The topological polar surface area (TPSA) is 141 Å². The number of amides is 4. The van der Waals surface area contributed by atoms with Crippen molar-refractivity contribution in [3.63, 3.8) is 0 Å². The molecule has 0 heterocycles. The van der Waals surface area contributed by atoms with Crippen LogP contribution < -0.4 is 21.5 Å². The summed E-state index contributed by atoms with van der Waals surface area (Å²) in [7, 11) is 0. The Morgan fingerprint density at radius 2 is 1.00 bits per heavy atom. The standard InChI is InChI=1S/C29H34N6O4/c1-18(20-10-14-24(15-11-20)30-28(38)22-6-7-22)32-34-26(36)4-3-5-27(37)35-33-19(2)21-12-16-25(17-13-21)31-29(39)23-8-9-23/h10-17,22-23H,3-9H2,1-2H3,(H,30,38)(H,31,39)(H,34,36)(H,35,37)/b32-18+,33-19+. The number of hydrogen-bond donors (Lipinski definition) is 4. The summed E-state index contributed by atoms with van der Waals surface area (Å²) in [4.78, 5) is 48.0. The Morgan fingerprint density at radius 1 is 0.641 bits per heavy atom. The molecule has 2 saturated carbocycles. The van der Waals surface area contributed by atoms with Gasteiger partial charge in [-0.3, -0.25) is 19.2 Å². The molecular formula is C29H34N6O4. The normalized spacial score (nSPS) is 15.3. The minimum Gasteiger partial charge on any atom is -0.326 e. The Bertz CT molecular complexity index is 1180. The van der Waals surface area contributed by atoms with Crippen LogP contribution in [0.25, 0.3) is 0 Å². The highest BCUT2D eigenvalue weighted by atomic mass is 16.2. The lowest BCUT2D eigenvalue weighted by atomic mass is 10.1. The summed E-state index contributed by atoms with van der Waals surface area (Å²) in [6.07, 6.45) is 4.45. The van der Waals surface area contributed by atoms with Gasteiger partial charge in [0, 0.05) is 36.1 Å². The molecule has 10 heteroatoms. The molecule has 4 rings (SSSR count). The van der Waals surface area contributed by atoms with Gasteiger partial charge in [0.25, 0.3) is 0 Å². The predicted molar refractivity (Wildman–Crippen MR) is 150 cm³/mol. The van der Waals surface area contributed by atoms with E-state index in [1.54, 1.807) is 13.8 Å². The number of benzene rings is 2. The molecule has 0 saturated heterocycles. The summed E-state index contributed by atoms with van der Waals surface area (Å²) in [5.41, 5.74) is 9.41. The average Bonchev–Trinajstić information content (AvgIpc) is 3.84. The summed E-state index contributed by atoms with van der Waals surface area (Å²) < 4.78 is 0. The van der Waals surface area contributed by atoms with E-state index in [0.717, 1.165) is 48.2 Å². The maximum absolute atomic E-state index is 12.1. The van der Waals surface area contributed by atoms with Crippen molar-refractivity contribution in [1.29, 1.82) is 0 Å². The van der Waals surface area contributed by atoms with Crippen LogP contribution in [0.4, 0.5) is 11.4 Å². The molecule has 2 fully saturated rings. The van der Waals surface area contributed by atoms with Crippen molar-refractivity contribution in [2.24, 2.45) is 22.0 Å². The molecule has 39 heavy (non-hydrogen) atoms. The number of hydrazone groups is 2. The van der Waals surface area contributed by atoms with Gasteiger partial charge in [-0.15, -0.1) is 0 Å². The van der Waals surface area contributed by atoms with Gasteiger partial charge in [-0.05, 0) is 81.3 Å².